The molecule has 0 radical (unpaired) electrons. The Hall–Kier alpha value is -2.11. The number of nitrogens with one attached hydrogen (secondary N) is 2. The normalized spacial score (nSPS) is 10.5. The van der Waals surface area contributed by atoms with Gasteiger partial charge in [-0.3, -0.25) is 14.6 Å². The minimum absolute atomic E-state index is 0.179. The van der Waals surface area contributed by atoms with E-state index in [1.807, 2.05) is 13.8 Å². The van der Waals surface area contributed by atoms with Gasteiger partial charge in [0.25, 0.3) is 5.91 Å². The fourth-order valence-corrected chi connectivity index (χ4v) is 1.65. The molecule has 2 rings (SSSR count). The number of rotatable bonds is 3. The van der Waals surface area contributed by atoms with E-state index in [4.69, 9.17) is 0 Å². The van der Waals surface area contributed by atoms with Crippen LogP contribution in [0.15, 0.2) is 12.3 Å². The Labute approximate surface area is 99.0 Å². The minimum Gasteiger partial charge on any atom is -0.305 e. The number of anilines is 1. The molecular weight excluding hydrogens is 218 g/mol. The molecule has 0 aliphatic heterocycles. The highest BCUT2D eigenvalue weighted by Gasteiger charge is 2.15. The van der Waals surface area contributed by atoms with Crippen LogP contribution in [0.5, 0.6) is 0 Å². The molecule has 0 saturated heterocycles. The van der Waals surface area contributed by atoms with Gasteiger partial charge in [-0.05, 0) is 13.3 Å². The van der Waals surface area contributed by atoms with Gasteiger partial charge < -0.3 is 5.32 Å². The number of amides is 1. The van der Waals surface area contributed by atoms with E-state index >= 15 is 0 Å². The molecule has 2 N–H and O–H groups in total. The molecule has 0 atom stereocenters. The predicted molar refractivity (Wildman–Crippen MR) is 63.9 cm³/mol. The highest BCUT2D eigenvalue weighted by atomic mass is 16.1. The summed E-state index contributed by atoms with van der Waals surface area (Å²) in [6.07, 6.45) is 2.44. The number of carbonyl (C=O) groups is 1. The van der Waals surface area contributed by atoms with Crippen molar-refractivity contribution in [3.8, 4) is 0 Å². The maximum atomic E-state index is 12.0. The van der Waals surface area contributed by atoms with Gasteiger partial charge in [0.2, 0.25) is 0 Å². The maximum absolute atomic E-state index is 12.0. The van der Waals surface area contributed by atoms with Crippen LogP contribution in [-0.2, 0) is 13.5 Å². The van der Waals surface area contributed by atoms with Crippen LogP contribution >= 0.6 is 0 Å². The lowest BCUT2D eigenvalue weighted by Gasteiger charge is -2.00. The van der Waals surface area contributed by atoms with Gasteiger partial charge in [0.05, 0.1) is 11.3 Å². The molecule has 17 heavy (non-hydrogen) atoms. The number of hydrogen-bond acceptors (Lipinski definition) is 3. The number of nitrogens with zero attached hydrogens (tertiary/aromatic N) is 3. The van der Waals surface area contributed by atoms with E-state index in [1.54, 1.807) is 24.0 Å². The zero-order valence-corrected chi connectivity index (χ0v) is 10.1. The Morgan fingerprint density at radius 1 is 1.59 bits per heavy atom. The van der Waals surface area contributed by atoms with Gasteiger partial charge in [-0.1, -0.05) is 6.92 Å². The molecule has 0 bridgehead atoms. The van der Waals surface area contributed by atoms with Crippen molar-refractivity contribution in [1.29, 1.82) is 0 Å². The van der Waals surface area contributed by atoms with Crippen molar-refractivity contribution >= 4 is 11.7 Å². The molecule has 0 saturated carbocycles. The summed E-state index contributed by atoms with van der Waals surface area (Å²) in [5.74, 6) is 0.347. The second-order valence-corrected chi connectivity index (χ2v) is 3.91. The van der Waals surface area contributed by atoms with Crippen LogP contribution in [0.3, 0.4) is 0 Å². The Kier molecular flexibility index (Phi) is 2.95. The van der Waals surface area contributed by atoms with Crippen LogP contribution < -0.4 is 5.32 Å². The molecule has 2 aromatic rings. The first-order chi connectivity index (χ1) is 8.10. The fraction of sp³-hybridized carbons (Fsp3) is 0.364. The molecule has 1 amide bonds. The summed E-state index contributed by atoms with van der Waals surface area (Å²) < 4.78 is 1.64. The molecule has 0 spiro atoms. The van der Waals surface area contributed by atoms with Crippen LogP contribution in [0.4, 0.5) is 5.82 Å². The van der Waals surface area contributed by atoms with E-state index in [-0.39, 0.29) is 5.91 Å². The SMILES string of the molecule is CCc1nn(C)cc1C(=O)Nc1cc(C)[nH]n1. The van der Waals surface area contributed by atoms with E-state index in [0.29, 0.717) is 11.4 Å². The molecule has 0 aliphatic carbocycles. The fourth-order valence-electron chi connectivity index (χ4n) is 1.65. The van der Waals surface area contributed by atoms with Crippen molar-refractivity contribution in [3.05, 3.63) is 29.2 Å². The van der Waals surface area contributed by atoms with E-state index in [0.717, 1.165) is 17.8 Å². The second kappa shape index (κ2) is 4.40. The lowest BCUT2D eigenvalue weighted by molar-refractivity contribution is 0.102. The number of hydrogen-bond donors (Lipinski definition) is 2. The second-order valence-electron chi connectivity index (χ2n) is 3.91. The Balaban J connectivity index is 2.19. The quantitative estimate of drug-likeness (QED) is 0.838. The Bertz CT molecular complexity index is 540. The number of H-pyrrole nitrogens is 1. The molecule has 6 heteroatoms. The topological polar surface area (TPSA) is 75.6 Å². The summed E-state index contributed by atoms with van der Waals surface area (Å²) in [4.78, 5) is 12.0. The third kappa shape index (κ3) is 2.35. The Morgan fingerprint density at radius 2 is 2.35 bits per heavy atom. The number of carbonyl (C=O) groups excluding carboxylic acids is 1. The van der Waals surface area contributed by atoms with Crippen molar-refractivity contribution < 1.29 is 4.79 Å². The third-order valence-corrected chi connectivity index (χ3v) is 2.43. The molecule has 0 fully saturated rings. The Morgan fingerprint density at radius 3 is 2.94 bits per heavy atom. The summed E-state index contributed by atoms with van der Waals surface area (Å²) in [5.41, 5.74) is 2.29. The third-order valence-electron chi connectivity index (χ3n) is 2.43. The molecular formula is C11H15N5O. The first-order valence-electron chi connectivity index (χ1n) is 5.46. The number of aromatic nitrogens is 4. The van der Waals surface area contributed by atoms with E-state index in [2.05, 4.69) is 20.6 Å². The molecule has 90 valence electrons. The smallest absolute Gasteiger partial charge is 0.260 e. The average molecular weight is 233 g/mol. The van der Waals surface area contributed by atoms with Crippen LogP contribution in [0.25, 0.3) is 0 Å². The highest BCUT2D eigenvalue weighted by Crippen LogP contribution is 2.11. The summed E-state index contributed by atoms with van der Waals surface area (Å²) in [5, 5.41) is 13.7. The minimum atomic E-state index is -0.179. The van der Waals surface area contributed by atoms with Gasteiger partial charge in [-0.25, -0.2) is 0 Å². The van der Waals surface area contributed by atoms with Crippen LogP contribution in [0.1, 0.15) is 28.7 Å². The van der Waals surface area contributed by atoms with Gasteiger partial charge in [0.15, 0.2) is 5.82 Å². The zero-order valence-electron chi connectivity index (χ0n) is 10.1. The van der Waals surface area contributed by atoms with E-state index < -0.39 is 0 Å². The van der Waals surface area contributed by atoms with E-state index in [9.17, 15) is 4.79 Å². The van der Waals surface area contributed by atoms with E-state index in [1.165, 1.54) is 0 Å². The molecule has 2 heterocycles. The average Bonchev–Trinajstić information content (AvgIpc) is 2.84. The van der Waals surface area contributed by atoms with Crippen LogP contribution in [0.2, 0.25) is 0 Å². The van der Waals surface area contributed by atoms with Crippen LogP contribution in [0, 0.1) is 6.92 Å². The summed E-state index contributed by atoms with van der Waals surface area (Å²) in [6, 6.07) is 1.78. The molecule has 0 aromatic carbocycles. The number of aromatic amines is 1. The summed E-state index contributed by atoms with van der Waals surface area (Å²) >= 11 is 0. The molecule has 6 nitrogen and oxygen atoms in total. The van der Waals surface area contributed by atoms with Crippen molar-refractivity contribution in [2.24, 2.45) is 7.05 Å². The first kappa shape index (κ1) is 11.4. The van der Waals surface area contributed by atoms with Gasteiger partial charge in [0.1, 0.15) is 0 Å². The molecule has 2 aromatic heterocycles. The predicted octanol–water partition coefficient (Wildman–Crippen LogP) is 1.27. The van der Waals surface area contributed by atoms with Gasteiger partial charge in [-0.2, -0.15) is 10.2 Å². The standard InChI is InChI=1S/C11H15N5O/c1-4-9-8(6-16(3)15-9)11(17)12-10-5-7(2)13-14-10/h5-6H,4H2,1-3H3,(H2,12,13,14,17). The van der Waals surface area contributed by atoms with Crippen molar-refractivity contribution in [2.75, 3.05) is 5.32 Å². The van der Waals surface area contributed by atoms with Crippen molar-refractivity contribution in [1.82, 2.24) is 20.0 Å². The van der Waals surface area contributed by atoms with Crippen molar-refractivity contribution in [3.63, 3.8) is 0 Å². The van der Waals surface area contributed by atoms with Crippen LogP contribution in [-0.4, -0.2) is 25.9 Å². The van der Waals surface area contributed by atoms with Gasteiger partial charge in [-0.15, -0.1) is 0 Å². The summed E-state index contributed by atoms with van der Waals surface area (Å²) in [7, 11) is 1.80. The van der Waals surface area contributed by atoms with Gasteiger partial charge in [0, 0.05) is 25.0 Å². The van der Waals surface area contributed by atoms with Crippen molar-refractivity contribution in [2.45, 2.75) is 20.3 Å². The lowest BCUT2D eigenvalue weighted by atomic mass is 10.2. The highest BCUT2D eigenvalue weighted by molar-refractivity contribution is 6.04. The molecule has 0 aliphatic rings. The monoisotopic (exact) mass is 233 g/mol. The molecule has 0 unspecified atom stereocenters. The zero-order chi connectivity index (χ0) is 12.4. The number of aryl methyl sites for hydroxylation is 3. The first-order valence-corrected chi connectivity index (χ1v) is 5.46. The summed E-state index contributed by atoms with van der Waals surface area (Å²) in [6.45, 7) is 3.85. The van der Waals surface area contributed by atoms with Gasteiger partial charge >= 0.3 is 0 Å². The lowest BCUT2D eigenvalue weighted by Crippen LogP contribution is -2.13. The maximum Gasteiger partial charge on any atom is 0.260 e. The largest absolute Gasteiger partial charge is 0.305 e.